The van der Waals surface area contributed by atoms with Crippen LogP contribution < -0.4 is 10.5 Å². The van der Waals surface area contributed by atoms with Crippen molar-refractivity contribution in [3.05, 3.63) is 29.8 Å². The number of rotatable bonds is 6. The van der Waals surface area contributed by atoms with Crippen LogP contribution in [-0.4, -0.2) is 27.1 Å². The Kier molecular flexibility index (Phi) is 5.25. The van der Waals surface area contributed by atoms with E-state index in [0.29, 0.717) is 6.61 Å². The van der Waals surface area contributed by atoms with Gasteiger partial charge in [0.25, 0.3) is 0 Å². The van der Waals surface area contributed by atoms with E-state index in [1.807, 2.05) is 31.2 Å². The van der Waals surface area contributed by atoms with Gasteiger partial charge >= 0.3 is 0 Å². The van der Waals surface area contributed by atoms with Gasteiger partial charge in [-0.25, -0.2) is 0 Å². The Labute approximate surface area is 96.3 Å². The van der Waals surface area contributed by atoms with Gasteiger partial charge in [0.1, 0.15) is 5.75 Å². The van der Waals surface area contributed by atoms with Gasteiger partial charge in [-0.15, -0.1) is 0 Å². The van der Waals surface area contributed by atoms with E-state index in [9.17, 15) is 0 Å². The second-order valence-corrected chi connectivity index (χ2v) is 3.37. The molecule has 0 aliphatic rings. The molecule has 4 nitrogen and oxygen atoms in total. The molecule has 0 spiro atoms. The molecule has 1 rings (SSSR count). The molecule has 0 aromatic heterocycles. The van der Waals surface area contributed by atoms with Crippen LogP contribution in [0.3, 0.4) is 0 Å². The Morgan fingerprint density at radius 2 is 1.94 bits per heavy atom. The highest BCUT2D eigenvalue weighted by molar-refractivity contribution is 5.30. The summed E-state index contributed by atoms with van der Waals surface area (Å²) in [5.74, 6) is 0.807. The van der Waals surface area contributed by atoms with Gasteiger partial charge in [-0.05, 0) is 24.6 Å². The van der Waals surface area contributed by atoms with Gasteiger partial charge in [0.15, 0.2) is 6.29 Å². The van der Waals surface area contributed by atoms with E-state index in [-0.39, 0.29) is 6.04 Å². The summed E-state index contributed by atoms with van der Waals surface area (Å²) in [6.07, 6.45) is -0.447. The number of hydrogen-bond acceptors (Lipinski definition) is 4. The first-order chi connectivity index (χ1) is 7.72. The van der Waals surface area contributed by atoms with Crippen molar-refractivity contribution in [2.24, 2.45) is 5.73 Å². The van der Waals surface area contributed by atoms with Crippen LogP contribution in [0.15, 0.2) is 24.3 Å². The van der Waals surface area contributed by atoms with E-state index < -0.39 is 6.29 Å². The molecule has 1 aromatic carbocycles. The van der Waals surface area contributed by atoms with Crippen molar-refractivity contribution in [1.82, 2.24) is 0 Å². The summed E-state index contributed by atoms with van der Waals surface area (Å²) in [6.45, 7) is 2.58. The first-order valence-electron chi connectivity index (χ1n) is 5.26. The van der Waals surface area contributed by atoms with Crippen molar-refractivity contribution in [1.29, 1.82) is 0 Å². The largest absolute Gasteiger partial charge is 0.494 e. The molecule has 0 heterocycles. The van der Waals surface area contributed by atoms with Crippen LogP contribution in [0.4, 0.5) is 0 Å². The van der Waals surface area contributed by atoms with Gasteiger partial charge in [0, 0.05) is 14.2 Å². The highest BCUT2D eigenvalue weighted by Gasteiger charge is 2.18. The third-order valence-corrected chi connectivity index (χ3v) is 2.31. The predicted molar refractivity (Wildman–Crippen MR) is 62.3 cm³/mol. The minimum atomic E-state index is -0.447. The second kappa shape index (κ2) is 6.48. The fourth-order valence-electron chi connectivity index (χ4n) is 1.52. The van der Waals surface area contributed by atoms with Gasteiger partial charge in [0.05, 0.1) is 12.6 Å². The molecule has 0 bridgehead atoms. The van der Waals surface area contributed by atoms with E-state index in [2.05, 4.69) is 0 Å². The Bertz CT molecular complexity index is 313. The molecular formula is C12H19NO3. The first kappa shape index (κ1) is 13.0. The molecular weight excluding hydrogens is 206 g/mol. The number of hydrogen-bond donors (Lipinski definition) is 1. The molecule has 90 valence electrons. The highest BCUT2D eigenvalue weighted by Crippen LogP contribution is 2.21. The van der Waals surface area contributed by atoms with E-state index in [0.717, 1.165) is 11.3 Å². The molecule has 0 aliphatic carbocycles. The molecule has 0 amide bonds. The number of ether oxygens (including phenoxy) is 3. The van der Waals surface area contributed by atoms with Gasteiger partial charge in [-0.1, -0.05) is 12.1 Å². The molecule has 0 aliphatic heterocycles. The SMILES string of the molecule is CCOc1cccc(C(N)C(OC)OC)c1. The number of benzene rings is 1. The Morgan fingerprint density at radius 1 is 1.25 bits per heavy atom. The summed E-state index contributed by atoms with van der Waals surface area (Å²) in [4.78, 5) is 0. The van der Waals surface area contributed by atoms with Gasteiger partial charge < -0.3 is 19.9 Å². The van der Waals surface area contributed by atoms with Gasteiger partial charge in [-0.3, -0.25) is 0 Å². The smallest absolute Gasteiger partial charge is 0.176 e. The summed E-state index contributed by atoms with van der Waals surface area (Å²) < 4.78 is 15.7. The lowest BCUT2D eigenvalue weighted by Gasteiger charge is -2.21. The third kappa shape index (κ3) is 3.20. The zero-order valence-corrected chi connectivity index (χ0v) is 9.97. The molecule has 0 fully saturated rings. The highest BCUT2D eigenvalue weighted by atomic mass is 16.7. The average Bonchev–Trinajstić information content (AvgIpc) is 2.31. The maximum absolute atomic E-state index is 6.02. The van der Waals surface area contributed by atoms with E-state index in [1.54, 1.807) is 14.2 Å². The van der Waals surface area contributed by atoms with Crippen molar-refractivity contribution < 1.29 is 14.2 Å². The third-order valence-electron chi connectivity index (χ3n) is 2.31. The predicted octanol–water partition coefficient (Wildman–Crippen LogP) is 1.70. The molecule has 0 saturated carbocycles. The normalized spacial score (nSPS) is 12.8. The minimum Gasteiger partial charge on any atom is -0.494 e. The average molecular weight is 225 g/mol. The van der Waals surface area contributed by atoms with Crippen molar-refractivity contribution in [3.8, 4) is 5.75 Å². The van der Waals surface area contributed by atoms with Crippen LogP contribution in [0.25, 0.3) is 0 Å². The van der Waals surface area contributed by atoms with E-state index in [1.165, 1.54) is 0 Å². The molecule has 0 radical (unpaired) electrons. The lowest BCUT2D eigenvalue weighted by atomic mass is 10.1. The quantitative estimate of drug-likeness (QED) is 0.749. The van der Waals surface area contributed by atoms with Crippen molar-refractivity contribution in [2.45, 2.75) is 19.3 Å². The first-order valence-corrected chi connectivity index (χ1v) is 5.26. The molecule has 4 heteroatoms. The van der Waals surface area contributed by atoms with Crippen molar-refractivity contribution >= 4 is 0 Å². The fraction of sp³-hybridized carbons (Fsp3) is 0.500. The second-order valence-electron chi connectivity index (χ2n) is 3.37. The van der Waals surface area contributed by atoms with Crippen LogP contribution in [-0.2, 0) is 9.47 Å². The van der Waals surface area contributed by atoms with Crippen molar-refractivity contribution in [2.75, 3.05) is 20.8 Å². The molecule has 1 aromatic rings. The number of nitrogens with two attached hydrogens (primary N) is 1. The lowest BCUT2D eigenvalue weighted by molar-refractivity contribution is -0.117. The zero-order valence-electron chi connectivity index (χ0n) is 9.97. The monoisotopic (exact) mass is 225 g/mol. The minimum absolute atomic E-state index is 0.324. The van der Waals surface area contributed by atoms with E-state index in [4.69, 9.17) is 19.9 Å². The summed E-state index contributed by atoms with van der Waals surface area (Å²) in [5, 5.41) is 0. The molecule has 2 N–H and O–H groups in total. The molecule has 0 saturated heterocycles. The van der Waals surface area contributed by atoms with Crippen LogP contribution in [0.1, 0.15) is 18.5 Å². The lowest BCUT2D eigenvalue weighted by Crippen LogP contribution is -2.29. The van der Waals surface area contributed by atoms with E-state index >= 15 is 0 Å². The summed E-state index contributed by atoms with van der Waals surface area (Å²) >= 11 is 0. The number of methoxy groups -OCH3 is 2. The van der Waals surface area contributed by atoms with Gasteiger partial charge in [-0.2, -0.15) is 0 Å². The topological polar surface area (TPSA) is 53.7 Å². The Hall–Kier alpha value is -1.10. The van der Waals surface area contributed by atoms with Crippen molar-refractivity contribution in [3.63, 3.8) is 0 Å². The molecule has 1 atom stereocenters. The van der Waals surface area contributed by atoms with Crippen LogP contribution >= 0.6 is 0 Å². The molecule has 1 unspecified atom stereocenters. The van der Waals surface area contributed by atoms with Crippen LogP contribution in [0.2, 0.25) is 0 Å². The summed E-state index contributed by atoms with van der Waals surface area (Å²) in [7, 11) is 3.14. The summed E-state index contributed by atoms with van der Waals surface area (Å²) in [6, 6.07) is 7.31. The summed E-state index contributed by atoms with van der Waals surface area (Å²) in [5.41, 5.74) is 6.95. The van der Waals surface area contributed by atoms with Gasteiger partial charge in [0.2, 0.25) is 0 Å². The standard InChI is InChI=1S/C12H19NO3/c1-4-16-10-7-5-6-9(8-10)11(13)12(14-2)15-3/h5-8,11-12H,4,13H2,1-3H3. The Morgan fingerprint density at radius 3 is 2.50 bits per heavy atom. The van der Waals surface area contributed by atoms with Crippen LogP contribution in [0.5, 0.6) is 5.75 Å². The molecule has 16 heavy (non-hydrogen) atoms. The Balaban J connectivity index is 2.81. The fourth-order valence-corrected chi connectivity index (χ4v) is 1.52. The maximum Gasteiger partial charge on any atom is 0.176 e. The van der Waals surface area contributed by atoms with Crippen LogP contribution in [0, 0.1) is 0 Å². The maximum atomic E-state index is 6.02. The zero-order chi connectivity index (χ0) is 12.0.